The number of ketones is 1. The van der Waals surface area contributed by atoms with Gasteiger partial charge in [0.2, 0.25) is 0 Å². The molecule has 1 aromatic carbocycles. The average molecular weight is 288 g/mol. The molecular weight excluding hydrogens is 278 g/mol. The molecule has 0 heterocycles. The zero-order valence-corrected chi connectivity index (χ0v) is 10.2. The molecular formula is C10H10BrNO4. The van der Waals surface area contributed by atoms with E-state index >= 15 is 0 Å². The van der Waals surface area contributed by atoms with Crippen LogP contribution in [0.2, 0.25) is 0 Å². The van der Waals surface area contributed by atoms with Crippen LogP contribution >= 0.6 is 15.9 Å². The summed E-state index contributed by atoms with van der Waals surface area (Å²) in [7, 11) is 1.41. The molecule has 1 rings (SSSR count). The number of nitro groups is 1. The van der Waals surface area contributed by atoms with E-state index in [0.717, 1.165) is 0 Å². The van der Waals surface area contributed by atoms with Crippen molar-refractivity contribution < 1.29 is 14.5 Å². The third-order valence-electron chi connectivity index (χ3n) is 1.94. The first-order valence-electron chi connectivity index (χ1n) is 4.48. The van der Waals surface area contributed by atoms with E-state index in [-0.39, 0.29) is 24.5 Å². The van der Waals surface area contributed by atoms with E-state index in [4.69, 9.17) is 0 Å². The number of ether oxygens (including phenoxy) is 1. The third-order valence-corrected chi connectivity index (χ3v) is 2.43. The lowest BCUT2D eigenvalue weighted by Crippen LogP contribution is -2.11. The molecule has 0 N–H and O–H groups in total. The predicted molar refractivity (Wildman–Crippen MR) is 61.4 cm³/mol. The Hall–Kier alpha value is -1.27. The molecule has 5 nitrogen and oxygen atoms in total. The second kappa shape index (κ2) is 5.72. The maximum absolute atomic E-state index is 11.3. The summed E-state index contributed by atoms with van der Waals surface area (Å²) in [5.74, 6) is -0.187. The van der Waals surface area contributed by atoms with Gasteiger partial charge in [-0.2, -0.15) is 0 Å². The van der Waals surface area contributed by atoms with E-state index < -0.39 is 4.92 Å². The van der Waals surface area contributed by atoms with E-state index in [0.29, 0.717) is 10.0 Å². The van der Waals surface area contributed by atoms with Crippen molar-refractivity contribution in [2.75, 3.05) is 13.7 Å². The standard InChI is InChI=1S/C10H10BrNO4/c1-16-6-9(13)4-7-2-3-8(11)5-10(7)12(14)15/h2-3,5H,4,6H2,1H3. The normalized spacial score (nSPS) is 10.1. The Morgan fingerprint density at radius 1 is 1.56 bits per heavy atom. The quantitative estimate of drug-likeness (QED) is 0.614. The number of methoxy groups -OCH3 is 1. The van der Waals surface area contributed by atoms with E-state index in [1.807, 2.05) is 0 Å². The van der Waals surface area contributed by atoms with Crippen molar-refractivity contribution in [2.24, 2.45) is 0 Å². The Bertz CT molecular complexity index is 419. The molecule has 0 spiro atoms. The summed E-state index contributed by atoms with van der Waals surface area (Å²) in [6, 6.07) is 4.62. The number of Topliss-reactive ketones (excluding diaryl/α,β-unsaturated/α-hetero) is 1. The summed E-state index contributed by atoms with van der Waals surface area (Å²) in [6.07, 6.45) is 0.0113. The Labute approximate surface area is 101 Å². The van der Waals surface area contributed by atoms with Crippen LogP contribution in [0.3, 0.4) is 0 Å². The monoisotopic (exact) mass is 287 g/mol. The fourth-order valence-electron chi connectivity index (χ4n) is 1.28. The summed E-state index contributed by atoms with van der Waals surface area (Å²) < 4.78 is 5.28. The topological polar surface area (TPSA) is 69.4 Å². The number of hydrogen-bond donors (Lipinski definition) is 0. The third kappa shape index (κ3) is 3.39. The molecule has 0 atom stereocenters. The molecule has 0 aliphatic carbocycles. The SMILES string of the molecule is COCC(=O)Cc1ccc(Br)cc1[N+](=O)[O-]. The van der Waals surface area contributed by atoms with Crippen molar-refractivity contribution in [2.45, 2.75) is 6.42 Å². The van der Waals surface area contributed by atoms with Gasteiger partial charge in [0.25, 0.3) is 5.69 Å². The highest BCUT2D eigenvalue weighted by atomic mass is 79.9. The number of carbonyl (C=O) groups is 1. The van der Waals surface area contributed by atoms with E-state index in [1.54, 1.807) is 12.1 Å². The number of nitrogens with zero attached hydrogens (tertiary/aromatic N) is 1. The summed E-state index contributed by atoms with van der Waals surface area (Å²) in [4.78, 5) is 21.6. The van der Waals surface area contributed by atoms with Gasteiger partial charge >= 0.3 is 0 Å². The molecule has 0 saturated carbocycles. The number of benzene rings is 1. The van der Waals surface area contributed by atoms with Gasteiger partial charge in [-0.3, -0.25) is 14.9 Å². The molecule has 16 heavy (non-hydrogen) atoms. The van der Waals surface area contributed by atoms with Gasteiger partial charge in [0.15, 0.2) is 5.78 Å². The van der Waals surface area contributed by atoms with Crippen LogP contribution in [-0.4, -0.2) is 24.4 Å². The van der Waals surface area contributed by atoms with Gasteiger partial charge in [0.05, 0.1) is 4.92 Å². The maximum atomic E-state index is 11.3. The Morgan fingerprint density at radius 3 is 2.81 bits per heavy atom. The highest BCUT2D eigenvalue weighted by Crippen LogP contribution is 2.24. The molecule has 0 radical (unpaired) electrons. The zero-order chi connectivity index (χ0) is 12.1. The maximum Gasteiger partial charge on any atom is 0.274 e. The Kier molecular flexibility index (Phi) is 4.57. The highest BCUT2D eigenvalue weighted by Gasteiger charge is 2.16. The fraction of sp³-hybridized carbons (Fsp3) is 0.300. The van der Waals surface area contributed by atoms with Gasteiger partial charge in [-0.1, -0.05) is 22.0 Å². The molecule has 0 aliphatic heterocycles. The summed E-state index contributed by atoms with van der Waals surface area (Å²) in [6.45, 7) is -0.0345. The molecule has 86 valence electrons. The number of hydrogen-bond acceptors (Lipinski definition) is 4. The van der Waals surface area contributed by atoms with Crippen molar-refractivity contribution in [1.29, 1.82) is 0 Å². The van der Waals surface area contributed by atoms with E-state index in [1.165, 1.54) is 13.2 Å². The van der Waals surface area contributed by atoms with Gasteiger partial charge in [-0.15, -0.1) is 0 Å². The number of rotatable bonds is 5. The van der Waals surface area contributed by atoms with Crippen molar-refractivity contribution in [3.8, 4) is 0 Å². The second-order valence-corrected chi connectivity index (χ2v) is 4.09. The molecule has 0 bridgehead atoms. The molecule has 6 heteroatoms. The largest absolute Gasteiger partial charge is 0.377 e. The Balaban J connectivity index is 2.95. The number of carbonyl (C=O) groups excluding carboxylic acids is 1. The number of nitro benzene ring substituents is 1. The first-order chi connectivity index (χ1) is 7.54. The smallest absolute Gasteiger partial charge is 0.274 e. The molecule has 0 amide bonds. The number of halogens is 1. The molecule has 0 aromatic heterocycles. The van der Waals surface area contributed by atoms with Crippen LogP contribution in [0.5, 0.6) is 0 Å². The van der Waals surface area contributed by atoms with E-state index in [2.05, 4.69) is 20.7 Å². The lowest BCUT2D eigenvalue weighted by atomic mass is 10.1. The highest BCUT2D eigenvalue weighted by molar-refractivity contribution is 9.10. The zero-order valence-electron chi connectivity index (χ0n) is 8.60. The fourth-order valence-corrected chi connectivity index (χ4v) is 1.63. The van der Waals surface area contributed by atoms with Crippen molar-refractivity contribution in [3.63, 3.8) is 0 Å². The van der Waals surface area contributed by atoms with Gasteiger partial charge in [0, 0.05) is 29.6 Å². The minimum Gasteiger partial charge on any atom is -0.377 e. The van der Waals surface area contributed by atoms with Crippen LogP contribution in [-0.2, 0) is 16.0 Å². The van der Waals surface area contributed by atoms with Gasteiger partial charge < -0.3 is 4.74 Å². The van der Waals surface area contributed by atoms with Crippen LogP contribution in [0.15, 0.2) is 22.7 Å². The molecule has 0 unspecified atom stereocenters. The molecule has 0 saturated heterocycles. The van der Waals surface area contributed by atoms with E-state index in [9.17, 15) is 14.9 Å². The molecule has 0 aliphatic rings. The van der Waals surface area contributed by atoms with Crippen LogP contribution in [0.4, 0.5) is 5.69 Å². The minimum atomic E-state index is -0.500. The van der Waals surface area contributed by atoms with Gasteiger partial charge in [0.1, 0.15) is 6.61 Å². The lowest BCUT2D eigenvalue weighted by Gasteiger charge is -2.02. The van der Waals surface area contributed by atoms with Crippen molar-refractivity contribution in [1.82, 2.24) is 0 Å². The van der Waals surface area contributed by atoms with Gasteiger partial charge in [-0.05, 0) is 6.07 Å². The first kappa shape index (κ1) is 12.8. The van der Waals surface area contributed by atoms with Crippen LogP contribution in [0.25, 0.3) is 0 Å². The van der Waals surface area contributed by atoms with Gasteiger partial charge in [-0.25, -0.2) is 0 Å². The molecule has 0 fully saturated rings. The summed E-state index contributed by atoms with van der Waals surface area (Å²) >= 11 is 3.15. The van der Waals surface area contributed by atoms with Crippen LogP contribution < -0.4 is 0 Å². The van der Waals surface area contributed by atoms with Crippen LogP contribution in [0.1, 0.15) is 5.56 Å². The first-order valence-corrected chi connectivity index (χ1v) is 5.27. The van der Waals surface area contributed by atoms with Crippen LogP contribution in [0, 0.1) is 10.1 Å². The summed E-state index contributed by atoms with van der Waals surface area (Å²) in [5.41, 5.74) is 0.342. The van der Waals surface area contributed by atoms with Crippen molar-refractivity contribution in [3.05, 3.63) is 38.3 Å². The van der Waals surface area contributed by atoms with Crippen molar-refractivity contribution >= 4 is 27.4 Å². The predicted octanol–water partition coefficient (Wildman–Crippen LogP) is 2.12. The lowest BCUT2D eigenvalue weighted by molar-refractivity contribution is -0.385. The average Bonchev–Trinajstić information content (AvgIpc) is 2.20. The second-order valence-electron chi connectivity index (χ2n) is 3.18. The molecule has 1 aromatic rings. The summed E-state index contributed by atoms with van der Waals surface area (Å²) in [5, 5.41) is 10.8. The Morgan fingerprint density at radius 2 is 2.25 bits per heavy atom. The minimum absolute atomic E-state index is 0.0113.